The van der Waals surface area contributed by atoms with Crippen molar-refractivity contribution in [3.63, 3.8) is 0 Å². The third-order valence-electron chi connectivity index (χ3n) is 4.23. The molecule has 1 saturated heterocycles. The SMILES string of the molecule is O=C(CCC(=O)OCCOC(=O)CCCCC1CCSS1)NCCOCCOCCO. The Morgan fingerprint density at radius 1 is 0.871 bits per heavy atom. The van der Waals surface area contributed by atoms with Crippen LogP contribution >= 0.6 is 21.6 Å². The number of carbonyl (C=O) groups excluding carboxylic acids is 3. The Morgan fingerprint density at radius 3 is 2.26 bits per heavy atom. The monoisotopic (exact) mass is 481 g/mol. The molecule has 31 heavy (non-hydrogen) atoms. The fourth-order valence-electron chi connectivity index (χ4n) is 2.61. The van der Waals surface area contributed by atoms with Gasteiger partial charge in [0.2, 0.25) is 5.91 Å². The summed E-state index contributed by atoms with van der Waals surface area (Å²) < 4.78 is 20.3. The van der Waals surface area contributed by atoms with Gasteiger partial charge in [0.15, 0.2) is 0 Å². The summed E-state index contributed by atoms with van der Waals surface area (Å²) in [5.74, 6) is 0.179. The van der Waals surface area contributed by atoms with E-state index in [2.05, 4.69) is 5.32 Å². The molecule has 180 valence electrons. The highest BCUT2D eigenvalue weighted by Crippen LogP contribution is 2.39. The topological polar surface area (TPSA) is 120 Å². The lowest BCUT2D eigenvalue weighted by atomic mass is 10.1. The van der Waals surface area contributed by atoms with Gasteiger partial charge < -0.3 is 29.4 Å². The van der Waals surface area contributed by atoms with Gasteiger partial charge in [0.1, 0.15) is 13.2 Å². The number of aliphatic hydroxyl groups is 1. The summed E-state index contributed by atoms with van der Waals surface area (Å²) in [6.07, 6.45) is 4.61. The van der Waals surface area contributed by atoms with Gasteiger partial charge in [-0.05, 0) is 19.3 Å². The predicted octanol–water partition coefficient (Wildman–Crippen LogP) is 1.71. The van der Waals surface area contributed by atoms with Crippen LogP contribution in [0.15, 0.2) is 0 Å². The summed E-state index contributed by atoms with van der Waals surface area (Å²) in [7, 11) is 3.87. The predicted molar refractivity (Wildman–Crippen MR) is 120 cm³/mol. The number of hydrogen-bond donors (Lipinski definition) is 2. The van der Waals surface area contributed by atoms with Crippen molar-refractivity contribution in [3.8, 4) is 0 Å². The third kappa shape index (κ3) is 17.2. The molecule has 0 spiro atoms. The minimum Gasteiger partial charge on any atom is -0.462 e. The van der Waals surface area contributed by atoms with E-state index in [0.29, 0.717) is 32.8 Å². The number of unbranched alkanes of at least 4 members (excludes halogenated alkanes) is 1. The first-order valence-corrected chi connectivity index (χ1v) is 13.1. The van der Waals surface area contributed by atoms with Gasteiger partial charge in [-0.25, -0.2) is 0 Å². The first-order chi connectivity index (χ1) is 15.1. The average molecular weight is 482 g/mol. The van der Waals surface area contributed by atoms with Crippen LogP contribution in [-0.2, 0) is 33.3 Å². The molecule has 9 nitrogen and oxygen atoms in total. The van der Waals surface area contributed by atoms with Gasteiger partial charge in [-0.3, -0.25) is 14.4 Å². The minimum atomic E-state index is -0.504. The highest BCUT2D eigenvalue weighted by atomic mass is 33.1. The van der Waals surface area contributed by atoms with Crippen LogP contribution in [0.2, 0.25) is 0 Å². The lowest BCUT2D eigenvalue weighted by molar-refractivity contribution is -0.152. The number of aliphatic hydroxyl groups excluding tert-OH is 1. The molecule has 1 heterocycles. The van der Waals surface area contributed by atoms with Crippen molar-refractivity contribution < 1.29 is 38.4 Å². The Bertz CT molecular complexity index is 504. The fourth-order valence-corrected chi connectivity index (χ4v) is 5.64. The number of rotatable bonds is 19. The number of hydrogen-bond acceptors (Lipinski definition) is 10. The van der Waals surface area contributed by atoms with E-state index in [1.807, 2.05) is 21.6 Å². The molecule has 0 aromatic carbocycles. The van der Waals surface area contributed by atoms with Crippen molar-refractivity contribution in [1.29, 1.82) is 0 Å². The van der Waals surface area contributed by atoms with Gasteiger partial charge in [-0.2, -0.15) is 0 Å². The molecule has 11 heteroatoms. The molecule has 0 saturated carbocycles. The summed E-state index contributed by atoms with van der Waals surface area (Å²) in [4.78, 5) is 34.9. The summed E-state index contributed by atoms with van der Waals surface area (Å²) in [6.45, 7) is 1.71. The van der Waals surface area contributed by atoms with Crippen molar-refractivity contribution in [2.24, 2.45) is 0 Å². The molecule has 1 atom stereocenters. The fraction of sp³-hybridized carbons (Fsp3) is 0.850. The summed E-state index contributed by atoms with van der Waals surface area (Å²) in [5.41, 5.74) is 0. The van der Waals surface area contributed by atoms with E-state index in [9.17, 15) is 14.4 Å². The Morgan fingerprint density at radius 2 is 1.58 bits per heavy atom. The van der Waals surface area contributed by atoms with E-state index < -0.39 is 5.97 Å². The van der Waals surface area contributed by atoms with Crippen LogP contribution in [0, 0.1) is 0 Å². The number of nitrogens with one attached hydrogen (secondary N) is 1. The Balaban J connectivity index is 1.86. The Hall–Kier alpha value is -1.01. The molecule has 1 aliphatic rings. The molecule has 1 aliphatic heterocycles. The lowest BCUT2D eigenvalue weighted by Crippen LogP contribution is -2.28. The van der Waals surface area contributed by atoms with E-state index in [-0.39, 0.29) is 51.1 Å². The maximum absolute atomic E-state index is 11.7. The van der Waals surface area contributed by atoms with Crippen LogP contribution in [0.3, 0.4) is 0 Å². The Kier molecular flexibility index (Phi) is 17.8. The second-order valence-electron chi connectivity index (χ2n) is 6.81. The zero-order valence-corrected chi connectivity index (χ0v) is 19.6. The second kappa shape index (κ2) is 19.7. The maximum Gasteiger partial charge on any atom is 0.306 e. The van der Waals surface area contributed by atoms with Crippen LogP contribution < -0.4 is 5.32 Å². The zero-order chi connectivity index (χ0) is 22.6. The van der Waals surface area contributed by atoms with Crippen molar-refractivity contribution in [3.05, 3.63) is 0 Å². The summed E-state index contributed by atoms with van der Waals surface area (Å²) in [6, 6.07) is 0. The quantitative estimate of drug-likeness (QED) is 0.160. The standard InChI is InChI=1S/C20H35NO8S2/c22-9-11-27-13-12-26-10-8-21-18(23)5-6-20(25)29-15-14-28-19(24)4-2-1-3-17-7-16-30-31-17/h17,22H,1-16H2,(H,21,23). The molecule has 1 rings (SSSR count). The first kappa shape index (κ1) is 28.0. The van der Waals surface area contributed by atoms with E-state index in [4.69, 9.17) is 24.1 Å². The highest BCUT2D eigenvalue weighted by Gasteiger charge is 2.16. The van der Waals surface area contributed by atoms with Crippen LogP contribution in [0.25, 0.3) is 0 Å². The van der Waals surface area contributed by atoms with Gasteiger partial charge in [-0.1, -0.05) is 28.0 Å². The van der Waals surface area contributed by atoms with Gasteiger partial charge in [0, 0.05) is 30.4 Å². The normalized spacial score (nSPS) is 15.6. The molecule has 0 aliphatic carbocycles. The molecule has 0 radical (unpaired) electrons. The summed E-state index contributed by atoms with van der Waals surface area (Å²) >= 11 is 0. The van der Waals surface area contributed by atoms with Crippen molar-refractivity contribution in [2.45, 2.75) is 50.2 Å². The maximum atomic E-state index is 11.7. The van der Waals surface area contributed by atoms with Gasteiger partial charge in [0.25, 0.3) is 0 Å². The zero-order valence-electron chi connectivity index (χ0n) is 18.0. The van der Waals surface area contributed by atoms with Crippen molar-refractivity contribution >= 4 is 39.4 Å². The molecule has 1 amide bonds. The van der Waals surface area contributed by atoms with Crippen molar-refractivity contribution in [1.82, 2.24) is 5.32 Å². The van der Waals surface area contributed by atoms with E-state index in [0.717, 1.165) is 24.5 Å². The molecule has 0 bridgehead atoms. The number of esters is 2. The smallest absolute Gasteiger partial charge is 0.306 e. The van der Waals surface area contributed by atoms with E-state index in [1.165, 1.54) is 12.2 Å². The van der Waals surface area contributed by atoms with Gasteiger partial charge in [-0.15, -0.1) is 0 Å². The molecule has 2 N–H and O–H groups in total. The van der Waals surface area contributed by atoms with Crippen LogP contribution in [-0.4, -0.2) is 86.7 Å². The molecule has 1 fully saturated rings. The molecule has 0 aromatic rings. The lowest BCUT2D eigenvalue weighted by Gasteiger charge is -2.08. The average Bonchev–Trinajstić information content (AvgIpc) is 3.28. The third-order valence-corrected chi connectivity index (χ3v) is 7.23. The van der Waals surface area contributed by atoms with E-state index >= 15 is 0 Å². The molecular weight excluding hydrogens is 446 g/mol. The van der Waals surface area contributed by atoms with Gasteiger partial charge >= 0.3 is 11.9 Å². The van der Waals surface area contributed by atoms with Crippen LogP contribution in [0.4, 0.5) is 0 Å². The van der Waals surface area contributed by atoms with Crippen LogP contribution in [0.1, 0.15) is 44.9 Å². The molecule has 1 unspecified atom stereocenters. The first-order valence-electron chi connectivity index (χ1n) is 10.7. The number of ether oxygens (including phenoxy) is 4. The number of carbonyl (C=O) groups is 3. The van der Waals surface area contributed by atoms with E-state index in [1.54, 1.807) is 0 Å². The molecular formula is C20H35NO8S2. The van der Waals surface area contributed by atoms with Crippen LogP contribution in [0.5, 0.6) is 0 Å². The van der Waals surface area contributed by atoms with Crippen molar-refractivity contribution in [2.75, 3.05) is 58.5 Å². The summed E-state index contributed by atoms with van der Waals surface area (Å²) in [5, 5.41) is 11.9. The largest absolute Gasteiger partial charge is 0.462 e. The minimum absolute atomic E-state index is 0.00563. The Labute approximate surface area is 192 Å². The molecule has 0 aromatic heterocycles. The van der Waals surface area contributed by atoms with Gasteiger partial charge in [0.05, 0.1) is 39.5 Å². The number of amides is 1. The highest BCUT2D eigenvalue weighted by molar-refractivity contribution is 8.77. The second-order valence-corrected chi connectivity index (χ2v) is 9.60.